The summed E-state index contributed by atoms with van der Waals surface area (Å²) in [5.74, 6) is 0.689. The zero-order valence-electron chi connectivity index (χ0n) is 15.6. The van der Waals surface area contributed by atoms with E-state index in [0.717, 1.165) is 16.8 Å². The van der Waals surface area contributed by atoms with Gasteiger partial charge >= 0.3 is 0 Å². The van der Waals surface area contributed by atoms with E-state index in [1.807, 2.05) is 37.3 Å². The van der Waals surface area contributed by atoms with Crippen molar-refractivity contribution in [1.29, 1.82) is 0 Å². The molecule has 2 aromatic carbocycles. The van der Waals surface area contributed by atoms with Gasteiger partial charge in [-0.15, -0.1) is 0 Å². The smallest absolute Gasteiger partial charge is 0.249 e. The van der Waals surface area contributed by atoms with Crippen molar-refractivity contribution < 1.29 is 14.3 Å². The fraction of sp³-hybridized carbons (Fsp3) is 0.190. The summed E-state index contributed by atoms with van der Waals surface area (Å²) in [6, 6.07) is 16.1. The number of methoxy groups -OCH3 is 1. The average Bonchev–Trinajstić information content (AvgIpc) is 3.04. The van der Waals surface area contributed by atoms with E-state index in [-0.39, 0.29) is 18.2 Å². The Bertz CT molecular complexity index is 1040. The third-order valence-corrected chi connectivity index (χ3v) is 4.77. The Hall–Kier alpha value is -3.61. The predicted octanol–water partition coefficient (Wildman–Crippen LogP) is 3.39. The molecule has 0 unspecified atom stereocenters. The van der Waals surface area contributed by atoms with Crippen molar-refractivity contribution >= 4 is 23.3 Å². The van der Waals surface area contributed by atoms with Crippen molar-refractivity contribution in [3.05, 3.63) is 60.2 Å². The number of carbonyl (C=O) groups excluding carboxylic acids is 2. The van der Waals surface area contributed by atoms with Gasteiger partial charge in [0.15, 0.2) is 0 Å². The predicted molar refractivity (Wildman–Crippen MR) is 106 cm³/mol. The number of anilines is 2. The molecule has 3 aromatic rings. The lowest BCUT2D eigenvalue weighted by Crippen LogP contribution is -2.35. The van der Waals surface area contributed by atoms with Crippen molar-refractivity contribution in [1.82, 2.24) is 9.78 Å². The molecule has 1 atom stereocenters. The van der Waals surface area contributed by atoms with Crippen LogP contribution < -0.4 is 15.4 Å². The van der Waals surface area contributed by atoms with Crippen LogP contribution in [0.3, 0.4) is 0 Å². The van der Waals surface area contributed by atoms with Gasteiger partial charge in [0.25, 0.3) is 0 Å². The summed E-state index contributed by atoms with van der Waals surface area (Å²) in [6.45, 7) is 1.89. The van der Waals surface area contributed by atoms with E-state index in [1.165, 1.54) is 0 Å². The Labute approximate surface area is 162 Å². The molecule has 0 spiro atoms. The molecule has 0 saturated heterocycles. The van der Waals surface area contributed by atoms with Crippen LogP contribution in [-0.4, -0.2) is 28.7 Å². The lowest BCUT2D eigenvalue weighted by Gasteiger charge is -2.24. The van der Waals surface area contributed by atoms with E-state index in [0.29, 0.717) is 17.3 Å². The van der Waals surface area contributed by atoms with Gasteiger partial charge in [0.1, 0.15) is 17.6 Å². The van der Waals surface area contributed by atoms with Crippen LogP contribution in [0.25, 0.3) is 11.3 Å². The zero-order chi connectivity index (χ0) is 19.7. The molecule has 0 bridgehead atoms. The molecule has 0 radical (unpaired) electrons. The van der Waals surface area contributed by atoms with E-state index in [2.05, 4.69) is 15.7 Å². The summed E-state index contributed by atoms with van der Waals surface area (Å²) >= 11 is 0. The van der Waals surface area contributed by atoms with Gasteiger partial charge in [0, 0.05) is 22.9 Å². The first-order valence-electron chi connectivity index (χ1n) is 8.96. The van der Waals surface area contributed by atoms with Crippen LogP contribution in [0.1, 0.15) is 18.0 Å². The normalized spacial score (nSPS) is 15.5. The minimum atomic E-state index is -0.730. The summed E-state index contributed by atoms with van der Waals surface area (Å²) in [5, 5.41) is 10.4. The summed E-state index contributed by atoms with van der Waals surface area (Å²) in [5.41, 5.74) is 3.11. The van der Waals surface area contributed by atoms with Crippen molar-refractivity contribution in [2.75, 3.05) is 17.7 Å². The second-order valence-corrected chi connectivity index (χ2v) is 6.62. The van der Waals surface area contributed by atoms with Crippen LogP contribution in [0.4, 0.5) is 11.5 Å². The van der Waals surface area contributed by atoms with Gasteiger partial charge in [-0.1, -0.05) is 36.4 Å². The first-order valence-corrected chi connectivity index (χ1v) is 8.96. The molecule has 0 fully saturated rings. The molecular weight excluding hydrogens is 356 g/mol. The van der Waals surface area contributed by atoms with Gasteiger partial charge in [0.05, 0.1) is 19.2 Å². The molecule has 4 rings (SSSR count). The Balaban J connectivity index is 1.68. The fourth-order valence-corrected chi connectivity index (χ4v) is 3.34. The number of ether oxygens (including phenoxy) is 1. The molecule has 1 aromatic heterocycles. The van der Waals surface area contributed by atoms with E-state index in [9.17, 15) is 9.59 Å². The van der Waals surface area contributed by atoms with Crippen molar-refractivity contribution in [3.63, 3.8) is 0 Å². The van der Waals surface area contributed by atoms with Gasteiger partial charge < -0.3 is 15.4 Å². The van der Waals surface area contributed by atoms with E-state index in [4.69, 9.17) is 4.74 Å². The monoisotopic (exact) mass is 376 g/mol. The van der Waals surface area contributed by atoms with Gasteiger partial charge in [-0.05, 0) is 19.1 Å². The molecule has 1 aliphatic heterocycles. The highest BCUT2D eigenvalue weighted by Gasteiger charge is 2.34. The van der Waals surface area contributed by atoms with Gasteiger partial charge in [-0.2, -0.15) is 5.10 Å². The Morgan fingerprint density at radius 1 is 1.21 bits per heavy atom. The first-order chi connectivity index (χ1) is 13.6. The number of hydrogen-bond donors (Lipinski definition) is 2. The number of nitrogens with zero attached hydrogens (tertiary/aromatic N) is 2. The number of nitrogens with one attached hydrogen (secondary N) is 2. The van der Waals surface area contributed by atoms with Gasteiger partial charge in [-0.25, -0.2) is 4.68 Å². The molecule has 0 aliphatic carbocycles. The molecule has 28 heavy (non-hydrogen) atoms. The minimum Gasteiger partial charge on any atom is -0.497 e. The number of hydrogen-bond acceptors (Lipinski definition) is 4. The Kier molecular flexibility index (Phi) is 4.57. The fourth-order valence-electron chi connectivity index (χ4n) is 3.34. The van der Waals surface area contributed by atoms with Crippen molar-refractivity contribution in [2.24, 2.45) is 0 Å². The Morgan fingerprint density at radius 2 is 2.00 bits per heavy atom. The lowest BCUT2D eigenvalue weighted by molar-refractivity contribution is -0.125. The number of benzene rings is 2. The van der Waals surface area contributed by atoms with Crippen LogP contribution >= 0.6 is 0 Å². The van der Waals surface area contributed by atoms with Crippen LogP contribution in [-0.2, 0) is 9.59 Å². The highest BCUT2D eigenvalue weighted by atomic mass is 16.5. The SMILES string of the molecule is COc1cccc(NC(=O)[C@@H]2CC(=O)Nc3c(C)c(-c4ccccc4)nn32)c1. The molecule has 7 nitrogen and oxygen atoms in total. The van der Waals surface area contributed by atoms with E-state index >= 15 is 0 Å². The highest BCUT2D eigenvalue weighted by molar-refractivity contribution is 6.02. The van der Waals surface area contributed by atoms with Gasteiger partial charge in [-0.3, -0.25) is 9.59 Å². The molecule has 1 aliphatic rings. The second kappa shape index (κ2) is 7.19. The Morgan fingerprint density at radius 3 is 2.75 bits per heavy atom. The number of amides is 2. The van der Waals surface area contributed by atoms with E-state index < -0.39 is 6.04 Å². The summed E-state index contributed by atoms with van der Waals surface area (Å²) < 4.78 is 6.80. The minimum absolute atomic E-state index is 0.0259. The molecule has 142 valence electrons. The molecule has 0 saturated carbocycles. The number of aromatic nitrogens is 2. The maximum Gasteiger partial charge on any atom is 0.249 e. The number of carbonyl (C=O) groups is 2. The van der Waals surface area contributed by atoms with Crippen LogP contribution in [0, 0.1) is 6.92 Å². The number of fused-ring (bicyclic) bond motifs is 1. The van der Waals surface area contributed by atoms with Crippen LogP contribution in [0.2, 0.25) is 0 Å². The summed E-state index contributed by atoms with van der Waals surface area (Å²) in [4.78, 5) is 25.2. The highest BCUT2D eigenvalue weighted by Crippen LogP contribution is 2.34. The summed E-state index contributed by atoms with van der Waals surface area (Å²) in [7, 11) is 1.57. The number of rotatable bonds is 4. The lowest BCUT2D eigenvalue weighted by atomic mass is 10.1. The van der Waals surface area contributed by atoms with Crippen molar-refractivity contribution in [3.8, 4) is 17.0 Å². The molecule has 7 heteroatoms. The molecule has 2 N–H and O–H groups in total. The van der Waals surface area contributed by atoms with Gasteiger partial charge in [0.2, 0.25) is 11.8 Å². The topological polar surface area (TPSA) is 85.2 Å². The maximum absolute atomic E-state index is 12.9. The first kappa shape index (κ1) is 17.8. The molecular formula is C21H20N4O3. The summed E-state index contributed by atoms with van der Waals surface area (Å²) in [6.07, 6.45) is 0.0259. The quantitative estimate of drug-likeness (QED) is 0.731. The van der Waals surface area contributed by atoms with Crippen LogP contribution in [0.15, 0.2) is 54.6 Å². The standard InChI is InChI=1S/C21H20N4O3/c1-13-19(14-7-4-3-5-8-14)24-25-17(12-18(26)23-20(13)25)21(27)22-15-9-6-10-16(11-15)28-2/h3-11,17H,12H2,1-2H3,(H,22,27)(H,23,26)/t17-/m0/s1. The zero-order valence-corrected chi connectivity index (χ0v) is 15.6. The third-order valence-electron chi connectivity index (χ3n) is 4.77. The molecule has 2 amide bonds. The van der Waals surface area contributed by atoms with Crippen LogP contribution in [0.5, 0.6) is 5.75 Å². The van der Waals surface area contributed by atoms with Crippen molar-refractivity contribution in [2.45, 2.75) is 19.4 Å². The second-order valence-electron chi connectivity index (χ2n) is 6.62. The molecule has 2 heterocycles. The maximum atomic E-state index is 12.9. The average molecular weight is 376 g/mol. The third kappa shape index (κ3) is 3.22. The van der Waals surface area contributed by atoms with E-state index in [1.54, 1.807) is 36.1 Å². The largest absolute Gasteiger partial charge is 0.497 e.